The van der Waals surface area contributed by atoms with Crippen molar-refractivity contribution in [3.8, 4) is 0 Å². The summed E-state index contributed by atoms with van der Waals surface area (Å²) in [5.74, 6) is -0.333. The van der Waals surface area contributed by atoms with E-state index in [-0.39, 0.29) is 11.2 Å². The molecule has 1 aromatic heterocycles. The van der Waals surface area contributed by atoms with E-state index in [2.05, 4.69) is 4.98 Å². The summed E-state index contributed by atoms with van der Waals surface area (Å²) in [6, 6.07) is 1.46. The summed E-state index contributed by atoms with van der Waals surface area (Å²) in [5.41, 5.74) is 6.14. The van der Waals surface area contributed by atoms with E-state index in [1.807, 2.05) is 0 Å². The van der Waals surface area contributed by atoms with Crippen molar-refractivity contribution in [2.45, 2.75) is 18.3 Å². The third-order valence-corrected chi connectivity index (χ3v) is 2.87. The highest BCUT2D eigenvalue weighted by Gasteiger charge is 2.47. The van der Waals surface area contributed by atoms with Gasteiger partial charge in [-0.2, -0.15) is 0 Å². The molecule has 1 saturated carbocycles. The van der Waals surface area contributed by atoms with Crippen LogP contribution in [0.4, 0.5) is 4.39 Å². The van der Waals surface area contributed by atoms with E-state index in [0.29, 0.717) is 4.99 Å². The molecule has 1 aromatic rings. The Hall–Kier alpha value is -1.03. The summed E-state index contributed by atoms with van der Waals surface area (Å²) in [5, 5.41) is 0. The monoisotopic (exact) mass is 196 g/mol. The molecule has 1 aliphatic carbocycles. The number of pyridine rings is 1. The van der Waals surface area contributed by atoms with E-state index in [1.165, 1.54) is 12.3 Å². The number of halogens is 1. The largest absolute Gasteiger partial charge is 0.393 e. The fraction of sp³-hybridized carbons (Fsp3) is 0.333. The van der Waals surface area contributed by atoms with Crippen LogP contribution in [-0.4, -0.2) is 9.97 Å². The summed E-state index contributed by atoms with van der Waals surface area (Å²) in [6.07, 6.45) is 4.63. The van der Waals surface area contributed by atoms with Gasteiger partial charge in [0.1, 0.15) is 5.82 Å². The molecule has 2 N–H and O–H groups in total. The Morgan fingerprint density at radius 2 is 2.23 bits per heavy atom. The zero-order valence-corrected chi connectivity index (χ0v) is 7.77. The van der Waals surface area contributed by atoms with Gasteiger partial charge in [0.25, 0.3) is 0 Å². The first-order valence-electron chi connectivity index (χ1n) is 4.06. The van der Waals surface area contributed by atoms with E-state index < -0.39 is 0 Å². The molecule has 1 heterocycles. The van der Waals surface area contributed by atoms with Crippen LogP contribution in [-0.2, 0) is 5.41 Å². The second-order valence-electron chi connectivity index (χ2n) is 3.34. The first-order chi connectivity index (χ1) is 6.15. The number of rotatable bonds is 2. The normalized spacial score (nSPS) is 18.2. The number of hydrogen-bond donors (Lipinski definition) is 1. The van der Waals surface area contributed by atoms with Gasteiger partial charge in [-0.05, 0) is 24.5 Å². The molecule has 0 spiro atoms. The Morgan fingerprint density at radius 3 is 2.69 bits per heavy atom. The van der Waals surface area contributed by atoms with Crippen LogP contribution >= 0.6 is 12.2 Å². The SMILES string of the molecule is NC(=S)C1(c2cncc(F)c2)CC1. The minimum atomic E-state index is -0.333. The van der Waals surface area contributed by atoms with Gasteiger partial charge >= 0.3 is 0 Å². The zero-order valence-electron chi connectivity index (χ0n) is 6.96. The van der Waals surface area contributed by atoms with Crippen LogP contribution in [0.15, 0.2) is 18.5 Å². The molecule has 2 nitrogen and oxygen atoms in total. The van der Waals surface area contributed by atoms with Gasteiger partial charge in [-0.15, -0.1) is 0 Å². The molecule has 68 valence electrons. The molecule has 0 amide bonds. The van der Waals surface area contributed by atoms with Gasteiger partial charge < -0.3 is 5.73 Å². The standard InChI is InChI=1S/C9H9FN2S/c10-7-3-6(4-12-5-7)9(1-2-9)8(11)13/h3-5H,1-2H2,(H2,11,13). The molecule has 2 rings (SSSR count). The summed E-state index contributed by atoms with van der Waals surface area (Å²) in [4.78, 5) is 4.23. The van der Waals surface area contributed by atoms with E-state index in [0.717, 1.165) is 18.4 Å². The maximum absolute atomic E-state index is 12.8. The summed E-state index contributed by atoms with van der Waals surface area (Å²) < 4.78 is 12.8. The smallest absolute Gasteiger partial charge is 0.141 e. The second kappa shape index (κ2) is 2.73. The first-order valence-corrected chi connectivity index (χ1v) is 4.47. The molecule has 1 fully saturated rings. The number of nitrogens with two attached hydrogens (primary N) is 1. The lowest BCUT2D eigenvalue weighted by molar-refractivity contribution is 0.617. The van der Waals surface area contributed by atoms with Crippen LogP contribution in [0.3, 0.4) is 0 Å². The molecule has 1 aliphatic rings. The maximum Gasteiger partial charge on any atom is 0.141 e. The lowest BCUT2D eigenvalue weighted by Crippen LogP contribution is -2.26. The van der Waals surface area contributed by atoms with Gasteiger partial charge in [0.05, 0.1) is 11.2 Å². The average Bonchev–Trinajstić information content (AvgIpc) is 2.83. The van der Waals surface area contributed by atoms with Crippen LogP contribution in [0, 0.1) is 5.82 Å². The first kappa shape index (κ1) is 8.56. The third-order valence-electron chi connectivity index (χ3n) is 2.48. The molecule has 13 heavy (non-hydrogen) atoms. The van der Waals surface area contributed by atoms with Crippen molar-refractivity contribution in [3.63, 3.8) is 0 Å². The Kier molecular flexibility index (Phi) is 1.80. The fourth-order valence-corrected chi connectivity index (χ4v) is 1.80. The van der Waals surface area contributed by atoms with Gasteiger partial charge in [0.15, 0.2) is 0 Å². The molecule has 0 atom stereocenters. The highest BCUT2D eigenvalue weighted by molar-refractivity contribution is 7.80. The van der Waals surface area contributed by atoms with E-state index >= 15 is 0 Å². The van der Waals surface area contributed by atoms with Gasteiger partial charge in [0, 0.05) is 11.6 Å². The predicted octanol–water partition coefficient (Wildman–Crippen LogP) is 1.54. The van der Waals surface area contributed by atoms with E-state index in [1.54, 1.807) is 6.20 Å². The quantitative estimate of drug-likeness (QED) is 0.729. The number of thiocarbonyl (C=S) groups is 1. The van der Waals surface area contributed by atoms with Crippen molar-refractivity contribution in [2.75, 3.05) is 0 Å². The Bertz CT molecular complexity index is 360. The van der Waals surface area contributed by atoms with Crippen molar-refractivity contribution < 1.29 is 4.39 Å². The van der Waals surface area contributed by atoms with Gasteiger partial charge in [-0.1, -0.05) is 12.2 Å². The van der Waals surface area contributed by atoms with Crippen molar-refractivity contribution in [3.05, 3.63) is 29.8 Å². The maximum atomic E-state index is 12.8. The molecule has 0 unspecified atom stereocenters. The Morgan fingerprint density at radius 1 is 1.54 bits per heavy atom. The molecule has 0 saturated heterocycles. The molecule has 4 heteroatoms. The average molecular weight is 196 g/mol. The van der Waals surface area contributed by atoms with Gasteiger partial charge in [0.2, 0.25) is 0 Å². The lowest BCUT2D eigenvalue weighted by atomic mass is 9.98. The Balaban J connectivity index is 2.41. The summed E-state index contributed by atoms with van der Waals surface area (Å²) in [6.45, 7) is 0. The predicted molar refractivity (Wildman–Crippen MR) is 51.9 cm³/mol. The van der Waals surface area contributed by atoms with Crippen LogP contribution in [0.1, 0.15) is 18.4 Å². The molecular weight excluding hydrogens is 187 g/mol. The second-order valence-corrected chi connectivity index (χ2v) is 3.78. The number of hydrogen-bond acceptors (Lipinski definition) is 2. The van der Waals surface area contributed by atoms with Crippen LogP contribution in [0.5, 0.6) is 0 Å². The molecular formula is C9H9FN2S. The highest BCUT2D eigenvalue weighted by atomic mass is 32.1. The molecule has 0 aliphatic heterocycles. The number of nitrogens with zero attached hydrogens (tertiary/aromatic N) is 1. The molecule has 0 bridgehead atoms. The van der Waals surface area contributed by atoms with Crippen LogP contribution < -0.4 is 5.73 Å². The Labute approximate surface area is 81.0 Å². The molecule has 0 aromatic carbocycles. The topological polar surface area (TPSA) is 38.9 Å². The number of aromatic nitrogens is 1. The minimum absolute atomic E-state index is 0.259. The van der Waals surface area contributed by atoms with Crippen molar-refractivity contribution >= 4 is 17.2 Å². The van der Waals surface area contributed by atoms with Crippen LogP contribution in [0.2, 0.25) is 0 Å². The van der Waals surface area contributed by atoms with E-state index in [4.69, 9.17) is 18.0 Å². The zero-order chi connectivity index (χ0) is 9.47. The van der Waals surface area contributed by atoms with Crippen molar-refractivity contribution in [1.29, 1.82) is 0 Å². The van der Waals surface area contributed by atoms with Crippen molar-refractivity contribution in [1.82, 2.24) is 4.98 Å². The fourth-order valence-electron chi connectivity index (χ4n) is 1.48. The summed E-state index contributed by atoms with van der Waals surface area (Å²) >= 11 is 4.95. The van der Waals surface area contributed by atoms with Gasteiger partial charge in [-0.3, -0.25) is 4.98 Å². The third kappa shape index (κ3) is 1.31. The lowest BCUT2D eigenvalue weighted by Gasteiger charge is -2.12. The van der Waals surface area contributed by atoms with Crippen molar-refractivity contribution in [2.24, 2.45) is 5.73 Å². The highest BCUT2D eigenvalue weighted by Crippen LogP contribution is 2.48. The van der Waals surface area contributed by atoms with Crippen LogP contribution in [0.25, 0.3) is 0 Å². The molecule has 0 radical (unpaired) electrons. The van der Waals surface area contributed by atoms with Gasteiger partial charge in [-0.25, -0.2) is 4.39 Å². The summed E-state index contributed by atoms with van der Waals surface area (Å²) in [7, 11) is 0. The minimum Gasteiger partial charge on any atom is -0.393 e. The van der Waals surface area contributed by atoms with E-state index in [9.17, 15) is 4.39 Å².